The van der Waals surface area contributed by atoms with Crippen molar-refractivity contribution in [2.75, 3.05) is 7.11 Å². The van der Waals surface area contributed by atoms with E-state index in [0.29, 0.717) is 0 Å². The Kier molecular flexibility index (Phi) is 4.44. The van der Waals surface area contributed by atoms with E-state index in [4.69, 9.17) is 10.5 Å². The largest absolute Gasteiger partial charge is 0.379 e. The monoisotopic (exact) mass is 222 g/mol. The molecule has 1 rings (SSSR count). The number of aryl methyl sites for hydroxylation is 1. The second-order valence-corrected chi connectivity index (χ2v) is 4.84. The summed E-state index contributed by atoms with van der Waals surface area (Å²) >= 11 is 0. The molecular formula is C13H22N2O. The molecule has 3 nitrogen and oxygen atoms in total. The van der Waals surface area contributed by atoms with Gasteiger partial charge in [-0.2, -0.15) is 0 Å². The zero-order valence-electron chi connectivity index (χ0n) is 10.7. The molecule has 0 radical (unpaired) electrons. The second kappa shape index (κ2) is 5.41. The lowest BCUT2D eigenvalue weighted by Crippen LogP contribution is -2.24. The number of pyridine rings is 1. The first kappa shape index (κ1) is 13.1. The first-order valence-electron chi connectivity index (χ1n) is 5.68. The molecule has 0 aliphatic heterocycles. The summed E-state index contributed by atoms with van der Waals surface area (Å²) in [4.78, 5) is 4.25. The zero-order chi connectivity index (χ0) is 12.2. The number of hydrogen-bond donors (Lipinski definition) is 1. The third-order valence-corrected chi connectivity index (χ3v) is 2.97. The summed E-state index contributed by atoms with van der Waals surface area (Å²) in [7, 11) is 1.74. The molecule has 0 aliphatic rings. The van der Waals surface area contributed by atoms with Crippen LogP contribution in [0.1, 0.15) is 44.0 Å². The first-order chi connectivity index (χ1) is 7.44. The van der Waals surface area contributed by atoms with Crippen LogP contribution in [0, 0.1) is 6.92 Å². The van der Waals surface area contributed by atoms with Crippen LogP contribution in [0.15, 0.2) is 18.3 Å². The standard InChI is InChI=1S/C13H22N2O/c1-10-5-6-11(9-15-10)12(14)7-8-13(2,3)16-4/h5-6,9,12H,7-8,14H2,1-4H3. The summed E-state index contributed by atoms with van der Waals surface area (Å²) in [6.45, 7) is 6.13. The fraction of sp³-hybridized carbons (Fsp3) is 0.615. The van der Waals surface area contributed by atoms with Crippen LogP contribution in [0.5, 0.6) is 0 Å². The lowest BCUT2D eigenvalue weighted by molar-refractivity contribution is 0.0125. The normalized spacial score (nSPS) is 13.8. The number of nitrogens with zero attached hydrogens (tertiary/aromatic N) is 1. The molecule has 1 atom stereocenters. The highest BCUT2D eigenvalue weighted by molar-refractivity contribution is 5.16. The maximum absolute atomic E-state index is 6.11. The lowest BCUT2D eigenvalue weighted by atomic mass is 9.96. The van der Waals surface area contributed by atoms with E-state index in [9.17, 15) is 0 Å². The molecule has 0 aliphatic carbocycles. The van der Waals surface area contributed by atoms with Crippen LogP contribution in [0.4, 0.5) is 0 Å². The molecule has 0 aromatic carbocycles. The summed E-state index contributed by atoms with van der Waals surface area (Å²) in [5, 5.41) is 0. The quantitative estimate of drug-likeness (QED) is 0.833. The van der Waals surface area contributed by atoms with Crippen molar-refractivity contribution >= 4 is 0 Å². The van der Waals surface area contributed by atoms with Crippen molar-refractivity contribution in [1.82, 2.24) is 4.98 Å². The zero-order valence-corrected chi connectivity index (χ0v) is 10.7. The summed E-state index contributed by atoms with van der Waals surface area (Å²) in [6.07, 6.45) is 3.71. The Labute approximate surface area is 98.0 Å². The van der Waals surface area contributed by atoms with E-state index >= 15 is 0 Å². The van der Waals surface area contributed by atoms with Crippen molar-refractivity contribution in [1.29, 1.82) is 0 Å². The molecule has 1 aromatic rings. The smallest absolute Gasteiger partial charge is 0.0623 e. The van der Waals surface area contributed by atoms with Crippen LogP contribution < -0.4 is 5.73 Å². The molecule has 1 aromatic heterocycles. The Morgan fingerprint density at radius 1 is 1.44 bits per heavy atom. The molecule has 0 saturated heterocycles. The molecule has 1 heterocycles. The molecule has 1 unspecified atom stereocenters. The van der Waals surface area contributed by atoms with Crippen molar-refractivity contribution in [3.05, 3.63) is 29.6 Å². The summed E-state index contributed by atoms with van der Waals surface area (Å²) in [6, 6.07) is 4.09. The number of nitrogens with two attached hydrogens (primary N) is 1. The lowest BCUT2D eigenvalue weighted by Gasteiger charge is -2.24. The van der Waals surface area contributed by atoms with Crippen LogP contribution in [-0.2, 0) is 4.74 Å². The molecular weight excluding hydrogens is 200 g/mol. The third-order valence-electron chi connectivity index (χ3n) is 2.97. The van der Waals surface area contributed by atoms with Gasteiger partial charge in [0.15, 0.2) is 0 Å². The highest BCUT2D eigenvalue weighted by atomic mass is 16.5. The Morgan fingerprint density at radius 3 is 2.62 bits per heavy atom. The number of ether oxygens (including phenoxy) is 1. The van der Waals surface area contributed by atoms with Crippen molar-refractivity contribution in [2.45, 2.75) is 45.3 Å². The molecule has 3 heteroatoms. The van der Waals surface area contributed by atoms with E-state index in [1.165, 1.54) is 0 Å². The number of rotatable bonds is 5. The minimum Gasteiger partial charge on any atom is -0.379 e. The molecule has 16 heavy (non-hydrogen) atoms. The fourth-order valence-electron chi connectivity index (χ4n) is 1.47. The second-order valence-electron chi connectivity index (χ2n) is 4.84. The predicted molar refractivity (Wildman–Crippen MR) is 66.2 cm³/mol. The van der Waals surface area contributed by atoms with Gasteiger partial charge in [-0.15, -0.1) is 0 Å². The van der Waals surface area contributed by atoms with Gasteiger partial charge in [0.1, 0.15) is 0 Å². The highest BCUT2D eigenvalue weighted by Crippen LogP contribution is 2.22. The molecule has 0 fully saturated rings. The number of hydrogen-bond acceptors (Lipinski definition) is 3. The molecule has 0 amide bonds. The van der Waals surface area contributed by atoms with Crippen molar-refractivity contribution in [3.8, 4) is 0 Å². The van der Waals surface area contributed by atoms with E-state index in [-0.39, 0.29) is 11.6 Å². The van der Waals surface area contributed by atoms with Gasteiger partial charge in [0.2, 0.25) is 0 Å². The Hall–Kier alpha value is -0.930. The molecule has 0 saturated carbocycles. The van der Waals surface area contributed by atoms with Gasteiger partial charge in [-0.05, 0) is 45.2 Å². The van der Waals surface area contributed by atoms with Gasteiger partial charge in [-0.25, -0.2) is 0 Å². The van der Waals surface area contributed by atoms with E-state index in [1.807, 2.05) is 25.3 Å². The van der Waals surface area contributed by atoms with Crippen molar-refractivity contribution < 1.29 is 4.74 Å². The van der Waals surface area contributed by atoms with E-state index in [2.05, 4.69) is 18.8 Å². The van der Waals surface area contributed by atoms with Crippen LogP contribution in [0.25, 0.3) is 0 Å². The van der Waals surface area contributed by atoms with Crippen molar-refractivity contribution in [3.63, 3.8) is 0 Å². The van der Waals surface area contributed by atoms with Gasteiger partial charge in [0.25, 0.3) is 0 Å². The average molecular weight is 222 g/mol. The highest BCUT2D eigenvalue weighted by Gasteiger charge is 2.18. The third kappa shape index (κ3) is 3.91. The minimum atomic E-state index is -0.101. The van der Waals surface area contributed by atoms with Crippen molar-refractivity contribution in [2.24, 2.45) is 5.73 Å². The van der Waals surface area contributed by atoms with Gasteiger partial charge in [-0.1, -0.05) is 6.07 Å². The molecule has 0 bridgehead atoms. The fourth-order valence-corrected chi connectivity index (χ4v) is 1.47. The maximum atomic E-state index is 6.11. The summed E-state index contributed by atoms with van der Waals surface area (Å²) in [5.41, 5.74) is 8.13. The van der Waals surface area contributed by atoms with E-state index < -0.39 is 0 Å². The Morgan fingerprint density at radius 2 is 2.12 bits per heavy atom. The molecule has 0 spiro atoms. The van der Waals surface area contributed by atoms with Crippen LogP contribution in [0.3, 0.4) is 0 Å². The van der Waals surface area contributed by atoms with Gasteiger partial charge in [-0.3, -0.25) is 4.98 Å². The summed E-state index contributed by atoms with van der Waals surface area (Å²) < 4.78 is 5.37. The van der Waals surface area contributed by atoms with Gasteiger partial charge in [0.05, 0.1) is 5.60 Å². The number of methoxy groups -OCH3 is 1. The summed E-state index contributed by atoms with van der Waals surface area (Å²) in [5.74, 6) is 0. The Balaban J connectivity index is 2.53. The van der Waals surface area contributed by atoms with E-state index in [0.717, 1.165) is 24.1 Å². The van der Waals surface area contributed by atoms with Crippen LogP contribution in [-0.4, -0.2) is 17.7 Å². The number of aromatic nitrogens is 1. The Bertz CT molecular complexity index is 319. The average Bonchev–Trinajstić information content (AvgIpc) is 2.27. The minimum absolute atomic E-state index is 0.0440. The topological polar surface area (TPSA) is 48.1 Å². The van der Waals surface area contributed by atoms with Crippen LogP contribution in [0.2, 0.25) is 0 Å². The molecule has 2 N–H and O–H groups in total. The van der Waals surface area contributed by atoms with E-state index in [1.54, 1.807) is 7.11 Å². The van der Waals surface area contributed by atoms with Gasteiger partial charge >= 0.3 is 0 Å². The predicted octanol–water partition coefficient (Wildman–Crippen LogP) is 2.60. The van der Waals surface area contributed by atoms with Crippen LogP contribution >= 0.6 is 0 Å². The maximum Gasteiger partial charge on any atom is 0.0623 e. The first-order valence-corrected chi connectivity index (χ1v) is 5.68. The van der Waals surface area contributed by atoms with Gasteiger partial charge < -0.3 is 10.5 Å². The van der Waals surface area contributed by atoms with Gasteiger partial charge in [0, 0.05) is 25.0 Å². The SMILES string of the molecule is COC(C)(C)CCC(N)c1ccc(C)nc1. The molecule has 90 valence electrons.